The zero-order chi connectivity index (χ0) is 7.59. The molecule has 0 amide bonds. The smallest absolute Gasteiger partial charge is 0.307 e. The molecule has 60 valence electrons. The summed E-state index contributed by atoms with van der Waals surface area (Å²) in [6.45, 7) is 0. The van der Waals surface area contributed by atoms with E-state index in [0.717, 1.165) is 11.8 Å². The second-order valence-electron chi connectivity index (χ2n) is 4.42. The summed E-state index contributed by atoms with van der Waals surface area (Å²) >= 11 is 0. The molecular weight excluding hydrogens is 140 g/mol. The first-order valence-electron chi connectivity index (χ1n) is 4.50. The molecule has 4 bridgehead atoms. The molecule has 0 aromatic heterocycles. The normalized spacial score (nSPS) is 57.6. The van der Waals surface area contributed by atoms with Crippen molar-refractivity contribution in [3.05, 3.63) is 0 Å². The van der Waals surface area contributed by atoms with Crippen molar-refractivity contribution in [1.29, 1.82) is 0 Å². The van der Waals surface area contributed by atoms with E-state index in [1.807, 2.05) is 0 Å². The SMILES string of the molecule is O=C(O)C1[C@H]2C[C@@H]3C[C@H]2C[C@H]13. The molecule has 4 rings (SSSR count). The lowest BCUT2D eigenvalue weighted by Crippen LogP contribution is -2.22. The average molecular weight is 152 g/mol. The van der Waals surface area contributed by atoms with Gasteiger partial charge in [-0.1, -0.05) is 0 Å². The molecule has 0 unspecified atom stereocenters. The van der Waals surface area contributed by atoms with Crippen molar-refractivity contribution in [3.63, 3.8) is 0 Å². The zero-order valence-corrected chi connectivity index (χ0v) is 6.36. The minimum Gasteiger partial charge on any atom is -0.481 e. The largest absolute Gasteiger partial charge is 0.481 e. The highest BCUT2D eigenvalue weighted by molar-refractivity contribution is 5.72. The molecule has 4 saturated carbocycles. The molecule has 1 N–H and O–H groups in total. The minimum absolute atomic E-state index is 0.0544. The predicted molar refractivity (Wildman–Crippen MR) is 38.9 cm³/mol. The third-order valence-corrected chi connectivity index (χ3v) is 4.17. The standard InChI is InChI=1S/C9H12O2/c10-9(11)8-6-2-4-1-5(6)3-7(4)8/h4-8H,1-3H2,(H,10,11)/t4-,5-,6-,7-/m0/s1. The van der Waals surface area contributed by atoms with Gasteiger partial charge in [-0.25, -0.2) is 0 Å². The molecule has 0 aliphatic heterocycles. The molecule has 0 saturated heterocycles. The van der Waals surface area contributed by atoms with Crippen molar-refractivity contribution in [2.75, 3.05) is 0 Å². The second kappa shape index (κ2) is 1.62. The maximum absolute atomic E-state index is 10.8. The Morgan fingerprint density at radius 2 is 1.64 bits per heavy atom. The number of hydrogen-bond acceptors (Lipinski definition) is 1. The van der Waals surface area contributed by atoms with Crippen LogP contribution in [0.25, 0.3) is 0 Å². The van der Waals surface area contributed by atoms with Gasteiger partial charge >= 0.3 is 5.97 Å². The van der Waals surface area contributed by atoms with Crippen molar-refractivity contribution in [3.8, 4) is 0 Å². The molecular formula is C9H12O2. The van der Waals surface area contributed by atoms with Gasteiger partial charge in [-0.05, 0) is 42.9 Å². The van der Waals surface area contributed by atoms with E-state index in [0.29, 0.717) is 11.8 Å². The summed E-state index contributed by atoms with van der Waals surface area (Å²) in [6.07, 6.45) is 3.80. The van der Waals surface area contributed by atoms with E-state index >= 15 is 0 Å². The van der Waals surface area contributed by atoms with Crippen molar-refractivity contribution in [1.82, 2.24) is 0 Å². The van der Waals surface area contributed by atoms with Gasteiger partial charge in [0.05, 0.1) is 5.92 Å². The molecule has 4 aliphatic carbocycles. The molecule has 0 heterocycles. The van der Waals surface area contributed by atoms with Crippen LogP contribution >= 0.6 is 0 Å². The third-order valence-electron chi connectivity index (χ3n) is 4.17. The Morgan fingerprint density at radius 1 is 1.09 bits per heavy atom. The summed E-state index contributed by atoms with van der Waals surface area (Å²) in [7, 11) is 0. The fraction of sp³-hybridized carbons (Fsp3) is 0.889. The second-order valence-corrected chi connectivity index (χ2v) is 4.42. The van der Waals surface area contributed by atoms with E-state index in [-0.39, 0.29) is 5.92 Å². The highest BCUT2D eigenvalue weighted by Gasteiger charge is 2.61. The van der Waals surface area contributed by atoms with Crippen LogP contribution in [0, 0.1) is 29.6 Å². The Hall–Kier alpha value is -0.530. The van der Waals surface area contributed by atoms with Crippen LogP contribution < -0.4 is 0 Å². The number of carboxylic acid groups (broad SMARTS) is 1. The van der Waals surface area contributed by atoms with Crippen molar-refractivity contribution < 1.29 is 9.90 Å². The van der Waals surface area contributed by atoms with Gasteiger partial charge in [-0.15, -0.1) is 0 Å². The topological polar surface area (TPSA) is 37.3 Å². The van der Waals surface area contributed by atoms with E-state index in [1.54, 1.807) is 0 Å². The van der Waals surface area contributed by atoms with E-state index in [1.165, 1.54) is 19.3 Å². The summed E-state index contributed by atoms with van der Waals surface area (Å²) in [6, 6.07) is 0. The van der Waals surface area contributed by atoms with Crippen LogP contribution in [0.1, 0.15) is 19.3 Å². The molecule has 0 aromatic rings. The highest BCUT2D eigenvalue weighted by Crippen LogP contribution is 2.65. The first-order chi connectivity index (χ1) is 5.27. The number of aliphatic carboxylic acids is 1. The van der Waals surface area contributed by atoms with E-state index in [9.17, 15) is 4.79 Å². The van der Waals surface area contributed by atoms with E-state index in [2.05, 4.69) is 0 Å². The molecule has 4 atom stereocenters. The maximum atomic E-state index is 10.8. The van der Waals surface area contributed by atoms with Gasteiger partial charge in [0.25, 0.3) is 0 Å². The van der Waals surface area contributed by atoms with Gasteiger partial charge in [0.2, 0.25) is 0 Å². The molecule has 0 radical (unpaired) electrons. The third kappa shape index (κ3) is 0.534. The van der Waals surface area contributed by atoms with Crippen LogP contribution in [0.2, 0.25) is 0 Å². The predicted octanol–water partition coefficient (Wildman–Crippen LogP) is 1.36. The fourth-order valence-electron chi connectivity index (χ4n) is 3.93. The van der Waals surface area contributed by atoms with Gasteiger partial charge < -0.3 is 5.11 Å². The van der Waals surface area contributed by atoms with Crippen molar-refractivity contribution in [2.24, 2.45) is 29.6 Å². The lowest BCUT2D eigenvalue weighted by Gasteiger charge is -2.15. The van der Waals surface area contributed by atoms with E-state index in [4.69, 9.17) is 5.11 Å². The molecule has 11 heavy (non-hydrogen) atoms. The highest BCUT2D eigenvalue weighted by atomic mass is 16.4. The maximum Gasteiger partial charge on any atom is 0.307 e. The van der Waals surface area contributed by atoms with Gasteiger partial charge in [-0.2, -0.15) is 0 Å². The molecule has 4 fully saturated rings. The Balaban J connectivity index is 1.98. The molecule has 4 aliphatic rings. The number of carboxylic acids is 1. The summed E-state index contributed by atoms with van der Waals surface area (Å²) in [4.78, 5) is 10.8. The Bertz CT molecular complexity index is 208. The van der Waals surface area contributed by atoms with Crippen LogP contribution in [0.3, 0.4) is 0 Å². The van der Waals surface area contributed by atoms with Crippen LogP contribution in [-0.4, -0.2) is 11.1 Å². The monoisotopic (exact) mass is 152 g/mol. The quantitative estimate of drug-likeness (QED) is 0.616. The lowest BCUT2D eigenvalue weighted by molar-refractivity contribution is -0.144. The molecule has 0 spiro atoms. The lowest BCUT2D eigenvalue weighted by atomic mass is 9.89. The van der Waals surface area contributed by atoms with Gasteiger partial charge in [0, 0.05) is 0 Å². The van der Waals surface area contributed by atoms with Crippen LogP contribution in [0.5, 0.6) is 0 Å². The summed E-state index contributed by atoms with van der Waals surface area (Å²) in [5, 5.41) is 8.93. The number of carbonyl (C=O) groups is 1. The Morgan fingerprint density at radius 3 is 1.91 bits per heavy atom. The first-order valence-corrected chi connectivity index (χ1v) is 4.50. The molecule has 2 nitrogen and oxygen atoms in total. The van der Waals surface area contributed by atoms with Gasteiger partial charge in [0.15, 0.2) is 0 Å². The Labute approximate surface area is 65.6 Å². The van der Waals surface area contributed by atoms with Crippen molar-refractivity contribution in [2.45, 2.75) is 19.3 Å². The summed E-state index contributed by atoms with van der Waals surface area (Å²) in [5.74, 6) is 2.27. The van der Waals surface area contributed by atoms with Gasteiger partial charge in [0.1, 0.15) is 0 Å². The van der Waals surface area contributed by atoms with Crippen LogP contribution in [0.4, 0.5) is 0 Å². The van der Waals surface area contributed by atoms with Crippen LogP contribution in [-0.2, 0) is 4.79 Å². The van der Waals surface area contributed by atoms with Gasteiger partial charge in [-0.3, -0.25) is 4.79 Å². The molecule has 2 heteroatoms. The molecule has 0 aromatic carbocycles. The van der Waals surface area contributed by atoms with E-state index < -0.39 is 5.97 Å². The summed E-state index contributed by atoms with van der Waals surface area (Å²) < 4.78 is 0. The number of rotatable bonds is 1. The zero-order valence-electron chi connectivity index (χ0n) is 6.36. The fourth-order valence-corrected chi connectivity index (χ4v) is 3.93. The summed E-state index contributed by atoms with van der Waals surface area (Å²) in [5.41, 5.74) is 0. The average Bonchev–Trinajstić information content (AvgIpc) is 2.50. The first kappa shape index (κ1) is 6.04. The number of hydrogen-bond donors (Lipinski definition) is 1. The van der Waals surface area contributed by atoms with Crippen LogP contribution in [0.15, 0.2) is 0 Å². The van der Waals surface area contributed by atoms with Crippen molar-refractivity contribution >= 4 is 5.97 Å². The Kier molecular flexibility index (Phi) is 0.890. The minimum atomic E-state index is -0.523.